The van der Waals surface area contributed by atoms with E-state index >= 15 is 0 Å². The predicted octanol–water partition coefficient (Wildman–Crippen LogP) is 2.66. The highest BCUT2D eigenvalue weighted by molar-refractivity contribution is 6.33. The van der Waals surface area contributed by atoms with Crippen LogP contribution >= 0.6 is 11.6 Å². The number of carbonyl (C=O) groups excluding carboxylic acids is 1. The van der Waals surface area contributed by atoms with E-state index in [0.717, 1.165) is 44.6 Å². The van der Waals surface area contributed by atoms with E-state index in [4.69, 9.17) is 11.6 Å². The number of halogens is 1. The molecule has 1 amide bonds. The number of hydrogen-bond acceptors (Lipinski definition) is 3. The molecule has 1 heterocycles. The Bertz CT molecular complexity index is 592. The maximum absolute atomic E-state index is 12.2. The minimum Gasteiger partial charge on any atom is -0.367 e. The van der Waals surface area contributed by atoms with Crippen molar-refractivity contribution in [1.29, 1.82) is 5.26 Å². The Hall–Kier alpha value is -1.73. The molecule has 110 valence electrons. The number of nitriles is 1. The Kier molecular flexibility index (Phi) is 4.03. The number of anilines is 1. The smallest absolute Gasteiger partial charge is 0.225 e. The van der Waals surface area contributed by atoms with Crippen LogP contribution in [0.15, 0.2) is 18.2 Å². The molecule has 1 saturated heterocycles. The van der Waals surface area contributed by atoms with E-state index in [9.17, 15) is 10.1 Å². The summed E-state index contributed by atoms with van der Waals surface area (Å²) in [6.45, 7) is 3.08. The first-order valence-corrected chi connectivity index (χ1v) is 7.81. The minimum absolute atomic E-state index is 0.270. The van der Waals surface area contributed by atoms with Gasteiger partial charge in [0.2, 0.25) is 5.91 Å². The summed E-state index contributed by atoms with van der Waals surface area (Å²) in [6, 6.07) is 7.61. The SMILES string of the molecule is N#Cc1cccc(Cl)c1N1CCCN(C(=O)C2CC2)CC1. The van der Waals surface area contributed by atoms with Crippen LogP contribution in [0, 0.1) is 17.2 Å². The van der Waals surface area contributed by atoms with Crippen LogP contribution in [-0.4, -0.2) is 37.0 Å². The van der Waals surface area contributed by atoms with Gasteiger partial charge in [-0.25, -0.2) is 0 Å². The second kappa shape index (κ2) is 5.95. The van der Waals surface area contributed by atoms with Gasteiger partial charge in [-0.05, 0) is 31.4 Å². The standard InChI is InChI=1S/C16H18ClN3O/c17-14-4-1-3-13(11-18)15(14)19-7-2-8-20(10-9-19)16(21)12-5-6-12/h1,3-4,12H,2,5-10H2. The lowest BCUT2D eigenvalue weighted by Gasteiger charge is -2.25. The highest BCUT2D eigenvalue weighted by Crippen LogP contribution is 2.33. The monoisotopic (exact) mass is 303 g/mol. The minimum atomic E-state index is 0.270. The zero-order valence-electron chi connectivity index (χ0n) is 11.9. The Morgan fingerprint density at radius 3 is 2.76 bits per heavy atom. The van der Waals surface area contributed by atoms with Gasteiger partial charge in [0, 0.05) is 32.1 Å². The molecular formula is C16H18ClN3O. The van der Waals surface area contributed by atoms with Gasteiger partial charge in [-0.1, -0.05) is 17.7 Å². The van der Waals surface area contributed by atoms with E-state index in [1.54, 1.807) is 12.1 Å². The largest absolute Gasteiger partial charge is 0.367 e. The second-order valence-corrected chi connectivity index (χ2v) is 6.10. The number of para-hydroxylation sites is 1. The van der Waals surface area contributed by atoms with Crippen LogP contribution in [0.5, 0.6) is 0 Å². The normalized spacial score (nSPS) is 19.0. The van der Waals surface area contributed by atoms with Crippen LogP contribution in [0.3, 0.4) is 0 Å². The van der Waals surface area contributed by atoms with Gasteiger partial charge in [-0.3, -0.25) is 4.79 Å². The van der Waals surface area contributed by atoms with Crippen molar-refractivity contribution in [3.05, 3.63) is 28.8 Å². The van der Waals surface area contributed by atoms with Crippen molar-refractivity contribution in [2.24, 2.45) is 5.92 Å². The topological polar surface area (TPSA) is 47.3 Å². The molecule has 0 spiro atoms. The van der Waals surface area contributed by atoms with Gasteiger partial charge in [0.15, 0.2) is 0 Å². The summed E-state index contributed by atoms with van der Waals surface area (Å²) in [4.78, 5) is 16.3. The van der Waals surface area contributed by atoms with Crippen molar-refractivity contribution in [1.82, 2.24) is 4.90 Å². The zero-order chi connectivity index (χ0) is 14.8. The maximum Gasteiger partial charge on any atom is 0.225 e. The van der Waals surface area contributed by atoms with Gasteiger partial charge in [0.05, 0.1) is 16.3 Å². The molecule has 2 aliphatic rings. The summed E-state index contributed by atoms with van der Waals surface area (Å²) < 4.78 is 0. The molecule has 2 fully saturated rings. The van der Waals surface area contributed by atoms with E-state index in [1.807, 2.05) is 11.0 Å². The molecule has 4 nitrogen and oxygen atoms in total. The number of amides is 1. The fraction of sp³-hybridized carbons (Fsp3) is 0.500. The van der Waals surface area contributed by atoms with Crippen LogP contribution in [-0.2, 0) is 4.79 Å². The van der Waals surface area contributed by atoms with Gasteiger partial charge in [0.1, 0.15) is 6.07 Å². The van der Waals surface area contributed by atoms with Crippen molar-refractivity contribution in [2.45, 2.75) is 19.3 Å². The number of rotatable bonds is 2. The summed E-state index contributed by atoms with van der Waals surface area (Å²) in [5.74, 6) is 0.572. The number of nitrogens with zero attached hydrogens (tertiary/aromatic N) is 3. The first-order valence-electron chi connectivity index (χ1n) is 7.43. The van der Waals surface area contributed by atoms with E-state index in [2.05, 4.69) is 11.0 Å². The summed E-state index contributed by atoms with van der Waals surface area (Å²) in [6.07, 6.45) is 3.00. The number of benzene rings is 1. The lowest BCUT2D eigenvalue weighted by Crippen LogP contribution is -2.36. The average molecular weight is 304 g/mol. The van der Waals surface area contributed by atoms with Crippen LogP contribution in [0.25, 0.3) is 0 Å². The highest BCUT2D eigenvalue weighted by atomic mass is 35.5. The quantitative estimate of drug-likeness (QED) is 0.844. The van der Waals surface area contributed by atoms with Crippen LogP contribution < -0.4 is 4.90 Å². The molecule has 1 aromatic rings. The molecule has 0 bridgehead atoms. The first-order chi connectivity index (χ1) is 10.2. The van der Waals surface area contributed by atoms with Crippen LogP contribution in [0.2, 0.25) is 5.02 Å². The van der Waals surface area contributed by atoms with E-state index in [0.29, 0.717) is 23.0 Å². The molecule has 1 aliphatic heterocycles. The summed E-state index contributed by atoms with van der Waals surface area (Å²) in [5.41, 5.74) is 1.41. The molecular weight excluding hydrogens is 286 g/mol. The summed E-state index contributed by atoms with van der Waals surface area (Å²) in [5, 5.41) is 9.87. The fourth-order valence-electron chi connectivity index (χ4n) is 2.88. The van der Waals surface area contributed by atoms with Gasteiger partial charge >= 0.3 is 0 Å². The van der Waals surface area contributed by atoms with Gasteiger partial charge in [0.25, 0.3) is 0 Å². The Morgan fingerprint density at radius 1 is 1.24 bits per heavy atom. The molecule has 0 N–H and O–H groups in total. The summed E-state index contributed by atoms with van der Waals surface area (Å²) >= 11 is 6.28. The third-order valence-corrected chi connectivity index (χ3v) is 4.46. The van der Waals surface area contributed by atoms with Crippen molar-refractivity contribution < 1.29 is 4.79 Å². The summed E-state index contributed by atoms with van der Waals surface area (Å²) in [7, 11) is 0. The van der Waals surface area contributed by atoms with Crippen LogP contribution in [0.4, 0.5) is 5.69 Å². The lowest BCUT2D eigenvalue weighted by atomic mass is 10.1. The second-order valence-electron chi connectivity index (χ2n) is 5.69. The van der Waals surface area contributed by atoms with E-state index in [1.165, 1.54) is 0 Å². The van der Waals surface area contributed by atoms with Gasteiger partial charge in [-0.2, -0.15) is 5.26 Å². The molecule has 1 aliphatic carbocycles. The van der Waals surface area contributed by atoms with Crippen molar-refractivity contribution in [3.63, 3.8) is 0 Å². The molecule has 0 atom stereocenters. The Balaban J connectivity index is 1.76. The predicted molar refractivity (Wildman–Crippen MR) is 82.3 cm³/mol. The molecule has 0 radical (unpaired) electrons. The van der Waals surface area contributed by atoms with E-state index < -0.39 is 0 Å². The third kappa shape index (κ3) is 2.98. The van der Waals surface area contributed by atoms with Gasteiger partial charge < -0.3 is 9.80 Å². The molecule has 0 unspecified atom stereocenters. The molecule has 1 aromatic carbocycles. The average Bonchev–Trinajstić information content (AvgIpc) is 3.33. The Morgan fingerprint density at radius 2 is 2.05 bits per heavy atom. The first kappa shape index (κ1) is 14.2. The van der Waals surface area contributed by atoms with E-state index in [-0.39, 0.29) is 5.92 Å². The Labute approximate surface area is 129 Å². The molecule has 1 saturated carbocycles. The highest BCUT2D eigenvalue weighted by Gasteiger charge is 2.34. The van der Waals surface area contributed by atoms with Crippen molar-refractivity contribution in [3.8, 4) is 6.07 Å². The number of carbonyl (C=O) groups is 1. The van der Waals surface area contributed by atoms with Crippen LogP contribution in [0.1, 0.15) is 24.8 Å². The number of hydrogen-bond donors (Lipinski definition) is 0. The lowest BCUT2D eigenvalue weighted by molar-refractivity contribution is -0.132. The maximum atomic E-state index is 12.2. The molecule has 5 heteroatoms. The molecule has 3 rings (SSSR count). The zero-order valence-corrected chi connectivity index (χ0v) is 12.6. The van der Waals surface area contributed by atoms with Gasteiger partial charge in [-0.15, -0.1) is 0 Å². The third-order valence-electron chi connectivity index (χ3n) is 4.16. The molecule has 0 aromatic heterocycles. The van der Waals surface area contributed by atoms with Crippen molar-refractivity contribution in [2.75, 3.05) is 31.1 Å². The molecule has 21 heavy (non-hydrogen) atoms. The fourth-order valence-corrected chi connectivity index (χ4v) is 3.17. The van der Waals surface area contributed by atoms with Crippen molar-refractivity contribution >= 4 is 23.2 Å².